The van der Waals surface area contributed by atoms with E-state index in [9.17, 15) is 19.8 Å². The second-order valence-corrected chi connectivity index (χ2v) is 5.09. The van der Waals surface area contributed by atoms with Crippen molar-refractivity contribution in [2.24, 2.45) is 0 Å². The fraction of sp³-hybridized carbons (Fsp3) is 0.222. The van der Waals surface area contributed by atoms with Crippen LogP contribution in [-0.2, 0) is 9.47 Å². The van der Waals surface area contributed by atoms with Crippen molar-refractivity contribution in [1.82, 2.24) is 0 Å². The Morgan fingerprint density at radius 3 is 1.38 bits per heavy atom. The van der Waals surface area contributed by atoms with Crippen LogP contribution >= 0.6 is 0 Å². The SMILES string of the molecule is O=C(OCC(O)C(O)COC(=O)Oc1ccccc1)Oc1ccccc1. The summed E-state index contributed by atoms with van der Waals surface area (Å²) in [6.45, 7) is -1.08. The first-order valence-electron chi connectivity index (χ1n) is 7.70. The first-order valence-corrected chi connectivity index (χ1v) is 7.70. The molecule has 2 atom stereocenters. The van der Waals surface area contributed by atoms with Crippen molar-refractivity contribution in [2.75, 3.05) is 13.2 Å². The lowest BCUT2D eigenvalue weighted by Crippen LogP contribution is -2.36. The summed E-state index contributed by atoms with van der Waals surface area (Å²) in [5.41, 5.74) is 0. The molecule has 8 nitrogen and oxygen atoms in total. The van der Waals surface area contributed by atoms with Gasteiger partial charge in [-0.25, -0.2) is 9.59 Å². The highest BCUT2D eigenvalue weighted by molar-refractivity contribution is 5.64. The van der Waals surface area contributed by atoms with E-state index in [-0.39, 0.29) is 11.5 Å². The first-order chi connectivity index (χ1) is 12.5. The molecule has 0 saturated carbocycles. The van der Waals surface area contributed by atoms with Crippen LogP contribution in [0, 0.1) is 0 Å². The zero-order valence-corrected chi connectivity index (χ0v) is 13.7. The van der Waals surface area contributed by atoms with Gasteiger partial charge in [0.25, 0.3) is 0 Å². The summed E-state index contributed by atoms with van der Waals surface area (Å²) in [6.07, 6.45) is -5.01. The second-order valence-electron chi connectivity index (χ2n) is 5.09. The van der Waals surface area contributed by atoms with Gasteiger partial charge in [-0.2, -0.15) is 0 Å². The fourth-order valence-corrected chi connectivity index (χ4v) is 1.76. The van der Waals surface area contributed by atoms with Gasteiger partial charge in [-0.05, 0) is 24.3 Å². The third-order valence-corrected chi connectivity index (χ3v) is 3.08. The average molecular weight is 362 g/mol. The molecule has 0 aliphatic carbocycles. The van der Waals surface area contributed by atoms with Crippen molar-refractivity contribution in [3.63, 3.8) is 0 Å². The van der Waals surface area contributed by atoms with E-state index in [4.69, 9.17) is 9.47 Å². The highest BCUT2D eigenvalue weighted by Gasteiger charge is 2.21. The van der Waals surface area contributed by atoms with Crippen LogP contribution in [-0.4, -0.2) is 47.9 Å². The van der Waals surface area contributed by atoms with Crippen molar-refractivity contribution < 1.29 is 38.7 Å². The second kappa shape index (κ2) is 10.0. The van der Waals surface area contributed by atoms with Crippen molar-refractivity contribution in [3.8, 4) is 11.5 Å². The van der Waals surface area contributed by atoms with Gasteiger partial charge in [0, 0.05) is 0 Å². The summed E-state index contributed by atoms with van der Waals surface area (Å²) in [7, 11) is 0. The number of hydrogen-bond acceptors (Lipinski definition) is 8. The molecule has 0 amide bonds. The largest absolute Gasteiger partial charge is 0.513 e. The lowest BCUT2D eigenvalue weighted by molar-refractivity contribution is -0.0538. The zero-order chi connectivity index (χ0) is 18.8. The number of benzene rings is 2. The van der Waals surface area contributed by atoms with Gasteiger partial charge in [0.05, 0.1) is 0 Å². The summed E-state index contributed by atoms with van der Waals surface area (Å²) in [5.74, 6) is 0.555. The highest BCUT2D eigenvalue weighted by atomic mass is 16.7. The number of hydrogen-bond donors (Lipinski definition) is 2. The molecule has 2 rings (SSSR count). The smallest absolute Gasteiger partial charge is 0.431 e. The maximum atomic E-state index is 11.5. The third kappa shape index (κ3) is 6.80. The summed E-state index contributed by atoms with van der Waals surface area (Å²) < 4.78 is 19.1. The van der Waals surface area contributed by atoms with Gasteiger partial charge in [-0.3, -0.25) is 0 Å². The predicted octanol–water partition coefficient (Wildman–Crippen LogP) is 2.14. The van der Waals surface area contributed by atoms with Crippen molar-refractivity contribution in [2.45, 2.75) is 12.2 Å². The molecule has 0 aliphatic rings. The molecule has 2 aromatic rings. The first kappa shape index (κ1) is 19.2. The topological polar surface area (TPSA) is 112 Å². The van der Waals surface area contributed by atoms with E-state index < -0.39 is 37.7 Å². The quantitative estimate of drug-likeness (QED) is 0.569. The summed E-state index contributed by atoms with van der Waals surface area (Å²) in [5, 5.41) is 19.4. The number of aliphatic hydroxyl groups excluding tert-OH is 2. The van der Waals surface area contributed by atoms with Crippen LogP contribution in [0.5, 0.6) is 11.5 Å². The Hall–Kier alpha value is -3.10. The lowest BCUT2D eigenvalue weighted by Gasteiger charge is -2.17. The molecule has 0 aromatic heterocycles. The van der Waals surface area contributed by atoms with Crippen molar-refractivity contribution in [3.05, 3.63) is 60.7 Å². The molecule has 26 heavy (non-hydrogen) atoms. The Morgan fingerprint density at radius 1 is 0.692 bits per heavy atom. The number of para-hydroxylation sites is 2. The van der Waals surface area contributed by atoms with Crippen molar-refractivity contribution in [1.29, 1.82) is 0 Å². The molecule has 2 aromatic carbocycles. The monoisotopic (exact) mass is 362 g/mol. The Bertz CT molecular complexity index is 627. The van der Waals surface area contributed by atoms with E-state index in [1.807, 2.05) is 0 Å². The summed E-state index contributed by atoms with van der Waals surface area (Å²) >= 11 is 0. The predicted molar refractivity (Wildman–Crippen MR) is 88.8 cm³/mol. The fourth-order valence-electron chi connectivity index (χ4n) is 1.76. The maximum absolute atomic E-state index is 11.5. The van der Waals surface area contributed by atoms with Crippen LogP contribution in [0.15, 0.2) is 60.7 Å². The number of carbonyl (C=O) groups excluding carboxylic acids is 2. The summed E-state index contributed by atoms with van der Waals surface area (Å²) in [6, 6.07) is 16.4. The number of aliphatic hydroxyl groups is 2. The minimum absolute atomic E-state index is 0.277. The summed E-state index contributed by atoms with van der Waals surface area (Å²) in [4.78, 5) is 22.9. The van der Waals surface area contributed by atoms with Crippen molar-refractivity contribution >= 4 is 12.3 Å². The minimum Gasteiger partial charge on any atom is -0.431 e. The van der Waals surface area contributed by atoms with Gasteiger partial charge in [-0.15, -0.1) is 0 Å². The standard InChI is InChI=1S/C18H18O8/c19-15(11-23-17(21)25-13-7-3-1-4-8-13)16(20)12-24-18(22)26-14-9-5-2-6-10-14/h1-10,15-16,19-20H,11-12H2. The van der Waals surface area contributed by atoms with E-state index in [1.54, 1.807) is 60.7 Å². The molecule has 2 unspecified atom stereocenters. The van der Waals surface area contributed by atoms with Crippen LogP contribution in [0.25, 0.3) is 0 Å². The number of ether oxygens (including phenoxy) is 4. The van der Waals surface area contributed by atoms with Gasteiger partial charge in [0.15, 0.2) is 0 Å². The number of rotatable bonds is 7. The third-order valence-electron chi connectivity index (χ3n) is 3.08. The molecule has 0 saturated heterocycles. The normalized spacial score (nSPS) is 12.5. The molecule has 138 valence electrons. The molecular weight excluding hydrogens is 344 g/mol. The Kier molecular flexibility index (Phi) is 7.41. The molecule has 0 heterocycles. The van der Waals surface area contributed by atoms with E-state index in [0.717, 1.165) is 0 Å². The Labute approximate surface area is 149 Å². The van der Waals surface area contributed by atoms with Gasteiger partial charge < -0.3 is 29.2 Å². The van der Waals surface area contributed by atoms with Gasteiger partial charge in [0.1, 0.15) is 36.9 Å². The number of carbonyl (C=O) groups is 2. The van der Waals surface area contributed by atoms with Crippen LogP contribution in [0.2, 0.25) is 0 Å². The van der Waals surface area contributed by atoms with E-state index in [2.05, 4.69) is 9.47 Å². The van der Waals surface area contributed by atoms with Gasteiger partial charge in [0.2, 0.25) is 0 Å². The van der Waals surface area contributed by atoms with Gasteiger partial charge >= 0.3 is 12.3 Å². The maximum Gasteiger partial charge on any atom is 0.513 e. The Morgan fingerprint density at radius 2 is 1.04 bits per heavy atom. The van der Waals surface area contributed by atoms with Crippen LogP contribution in [0.3, 0.4) is 0 Å². The molecule has 8 heteroatoms. The highest BCUT2D eigenvalue weighted by Crippen LogP contribution is 2.10. The van der Waals surface area contributed by atoms with Crippen LogP contribution < -0.4 is 9.47 Å². The molecule has 0 aliphatic heterocycles. The van der Waals surface area contributed by atoms with Gasteiger partial charge in [-0.1, -0.05) is 36.4 Å². The van der Waals surface area contributed by atoms with E-state index in [0.29, 0.717) is 0 Å². The average Bonchev–Trinajstić information content (AvgIpc) is 2.65. The molecule has 0 bridgehead atoms. The molecule has 0 fully saturated rings. The van der Waals surface area contributed by atoms with E-state index >= 15 is 0 Å². The Balaban J connectivity index is 1.66. The zero-order valence-electron chi connectivity index (χ0n) is 13.7. The minimum atomic E-state index is -1.47. The lowest BCUT2D eigenvalue weighted by atomic mass is 10.2. The molecular formula is C18H18O8. The molecule has 2 N–H and O–H groups in total. The van der Waals surface area contributed by atoms with Crippen LogP contribution in [0.1, 0.15) is 0 Å². The van der Waals surface area contributed by atoms with E-state index in [1.165, 1.54) is 0 Å². The van der Waals surface area contributed by atoms with Crippen LogP contribution in [0.4, 0.5) is 9.59 Å². The molecule has 0 radical (unpaired) electrons. The molecule has 0 spiro atoms.